The molecule has 0 atom stereocenters. The maximum absolute atomic E-state index is 10.9. The van der Waals surface area contributed by atoms with Crippen molar-refractivity contribution in [2.45, 2.75) is 0 Å². The zero-order valence-electron chi connectivity index (χ0n) is 9.29. The van der Waals surface area contributed by atoms with E-state index in [0.29, 0.717) is 17.3 Å². The van der Waals surface area contributed by atoms with Gasteiger partial charge in [-0.1, -0.05) is 30.3 Å². The summed E-state index contributed by atoms with van der Waals surface area (Å²) >= 11 is 0. The van der Waals surface area contributed by atoms with Crippen LogP contribution in [0.15, 0.2) is 47.3 Å². The molecule has 0 aliphatic carbocycles. The highest BCUT2D eigenvalue weighted by Crippen LogP contribution is 2.17. The summed E-state index contributed by atoms with van der Waals surface area (Å²) in [6, 6.07) is 12.6. The first-order valence-electron chi connectivity index (χ1n) is 5.37. The Kier molecular flexibility index (Phi) is 2.45. The van der Waals surface area contributed by atoms with E-state index in [-0.39, 0.29) is 5.56 Å². The molecule has 0 saturated heterocycles. The van der Waals surface area contributed by atoms with Gasteiger partial charge in [0.15, 0.2) is 11.6 Å². The molecule has 0 amide bonds. The summed E-state index contributed by atoms with van der Waals surface area (Å²) in [4.78, 5) is 15.2. The summed E-state index contributed by atoms with van der Waals surface area (Å²) in [5.74, 6) is 1.11. The molecule has 0 fully saturated rings. The van der Waals surface area contributed by atoms with Gasteiger partial charge in [-0.2, -0.15) is 10.2 Å². The average molecular weight is 239 g/mol. The van der Waals surface area contributed by atoms with Crippen molar-refractivity contribution in [1.29, 1.82) is 0 Å². The van der Waals surface area contributed by atoms with Crippen LogP contribution < -0.4 is 5.56 Å². The molecule has 6 nitrogen and oxygen atoms in total. The number of hydrogen-bond acceptors (Lipinski definition) is 4. The first-order chi connectivity index (χ1) is 8.83. The first kappa shape index (κ1) is 10.4. The standard InChI is InChI=1S/C12H9N5O/c18-10-7-6-9(14-15-10)12-13-11(16-17-12)8-4-2-1-3-5-8/h1-7H,(H,15,18)(H,13,16,17). The Morgan fingerprint density at radius 2 is 1.72 bits per heavy atom. The number of aromatic amines is 2. The van der Waals surface area contributed by atoms with Gasteiger partial charge in [0.2, 0.25) is 0 Å². The maximum Gasteiger partial charge on any atom is 0.264 e. The number of rotatable bonds is 2. The van der Waals surface area contributed by atoms with E-state index in [4.69, 9.17) is 0 Å². The molecule has 18 heavy (non-hydrogen) atoms. The highest BCUT2D eigenvalue weighted by molar-refractivity contribution is 5.58. The van der Waals surface area contributed by atoms with Crippen LogP contribution in [0.5, 0.6) is 0 Å². The zero-order valence-corrected chi connectivity index (χ0v) is 9.29. The quantitative estimate of drug-likeness (QED) is 0.703. The van der Waals surface area contributed by atoms with Crippen molar-refractivity contribution in [3.05, 3.63) is 52.8 Å². The van der Waals surface area contributed by atoms with Crippen molar-refractivity contribution in [3.63, 3.8) is 0 Å². The number of benzene rings is 1. The van der Waals surface area contributed by atoms with Gasteiger partial charge >= 0.3 is 0 Å². The number of nitrogens with zero attached hydrogens (tertiary/aromatic N) is 3. The lowest BCUT2D eigenvalue weighted by Crippen LogP contribution is -2.05. The lowest BCUT2D eigenvalue weighted by Gasteiger charge is -1.93. The Morgan fingerprint density at radius 3 is 2.44 bits per heavy atom. The Morgan fingerprint density at radius 1 is 0.889 bits per heavy atom. The molecule has 3 rings (SSSR count). The van der Waals surface area contributed by atoms with Crippen molar-refractivity contribution in [1.82, 2.24) is 25.4 Å². The molecule has 1 aromatic carbocycles. The lowest BCUT2D eigenvalue weighted by molar-refractivity contribution is 0.977. The summed E-state index contributed by atoms with van der Waals surface area (Å²) in [5, 5.41) is 13.1. The minimum absolute atomic E-state index is 0.249. The molecule has 0 spiro atoms. The molecule has 0 aliphatic heterocycles. The highest BCUT2D eigenvalue weighted by Gasteiger charge is 2.08. The predicted octanol–water partition coefficient (Wildman–Crippen LogP) is 1.22. The van der Waals surface area contributed by atoms with Crippen LogP contribution in [-0.4, -0.2) is 25.4 Å². The molecule has 0 saturated carbocycles. The molecule has 0 bridgehead atoms. The van der Waals surface area contributed by atoms with E-state index in [1.165, 1.54) is 6.07 Å². The molecule has 3 aromatic rings. The first-order valence-corrected chi connectivity index (χ1v) is 5.37. The molecule has 0 radical (unpaired) electrons. The SMILES string of the molecule is O=c1ccc(-c2nc(-c3ccccc3)n[nH]2)n[nH]1. The third kappa shape index (κ3) is 1.91. The number of H-pyrrole nitrogens is 2. The summed E-state index contributed by atoms with van der Waals surface area (Å²) in [5.41, 5.74) is 1.22. The minimum Gasteiger partial charge on any atom is -0.268 e. The summed E-state index contributed by atoms with van der Waals surface area (Å²) < 4.78 is 0. The van der Waals surface area contributed by atoms with Crippen molar-refractivity contribution < 1.29 is 0 Å². The van der Waals surface area contributed by atoms with Gasteiger partial charge in [0.25, 0.3) is 5.56 Å². The predicted molar refractivity (Wildman–Crippen MR) is 65.7 cm³/mol. The Bertz CT molecular complexity index is 696. The molecule has 0 unspecified atom stereocenters. The summed E-state index contributed by atoms with van der Waals surface area (Å²) in [7, 11) is 0. The van der Waals surface area contributed by atoms with E-state index < -0.39 is 0 Å². The van der Waals surface area contributed by atoms with Crippen LogP contribution in [0, 0.1) is 0 Å². The molecular formula is C12H9N5O. The molecule has 2 aromatic heterocycles. The van der Waals surface area contributed by atoms with Crippen LogP contribution in [-0.2, 0) is 0 Å². The van der Waals surface area contributed by atoms with E-state index in [9.17, 15) is 4.79 Å². The fourth-order valence-corrected chi connectivity index (χ4v) is 1.57. The van der Waals surface area contributed by atoms with E-state index in [2.05, 4.69) is 25.4 Å². The second-order valence-electron chi connectivity index (χ2n) is 3.68. The maximum atomic E-state index is 10.9. The lowest BCUT2D eigenvalue weighted by atomic mass is 10.2. The van der Waals surface area contributed by atoms with Crippen molar-refractivity contribution in [2.75, 3.05) is 0 Å². The third-order valence-electron chi connectivity index (χ3n) is 2.44. The topological polar surface area (TPSA) is 87.3 Å². The van der Waals surface area contributed by atoms with Gasteiger partial charge in [-0.05, 0) is 6.07 Å². The number of hydrogen-bond donors (Lipinski definition) is 2. The van der Waals surface area contributed by atoms with Gasteiger partial charge in [-0.15, -0.1) is 0 Å². The van der Waals surface area contributed by atoms with Gasteiger partial charge in [0, 0.05) is 11.6 Å². The second kappa shape index (κ2) is 4.25. The smallest absolute Gasteiger partial charge is 0.264 e. The van der Waals surface area contributed by atoms with E-state index >= 15 is 0 Å². The largest absolute Gasteiger partial charge is 0.268 e. The third-order valence-corrected chi connectivity index (χ3v) is 2.44. The van der Waals surface area contributed by atoms with Gasteiger partial charge < -0.3 is 0 Å². The van der Waals surface area contributed by atoms with E-state index in [1.54, 1.807) is 6.07 Å². The van der Waals surface area contributed by atoms with E-state index in [0.717, 1.165) is 5.56 Å². The summed E-state index contributed by atoms with van der Waals surface area (Å²) in [6.45, 7) is 0. The van der Waals surface area contributed by atoms with Crippen LogP contribution in [0.2, 0.25) is 0 Å². The number of nitrogens with one attached hydrogen (secondary N) is 2. The molecule has 0 aliphatic rings. The van der Waals surface area contributed by atoms with Crippen molar-refractivity contribution in [3.8, 4) is 22.9 Å². The van der Waals surface area contributed by atoms with Crippen LogP contribution in [0.3, 0.4) is 0 Å². The minimum atomic E-state index is -0.249. The molecular weight excluding hydrogens is 230 g/mol. The highest BCUT2D eigenvalue weighted by atomic mass is 16.1. The summed E-state index contributed by atoms with van der Waals surface area (Å²) in [6.07, 6.45) is 0. The van der Waals surface area contributed by atoms with Crippen molar-refractivity contribution >= 4 is 0 Å². The monoisotopic (exact) mass is 239 g/mol. The van der Waals surface area contributed by atoms with Crippen molar-refractivity contribution in [2.24, 2.45) is 0 Å². The zero-order chi connectivity index (χ0) is 12.4. The average Bonchev–Trinajstić information content (AvgIpc) is 2.90. The van der Waals surface area contributed by atoms with Crippen LogP contribution in [0.25, 0.3) is 22.9 Å². The van der Waals surface area contributed by atoms with Gasteiger partial charge in [-0.25, -0.2) is 10.1 Å². The van der Waals surface area contributed by atoms with Gasteiger partial charge in [0.1, 0.15) is 5.69 Å². The Balaban J connectivity index is 1.99. The molecule has 88 valence electrons. The van der Waals surface area contributed by atoms with Crippen LogP contribution in [0.4, 0.5) is 0 Å². The second-order valence-corrected chi connectivity index (χ2v) is 3.68. The van der Waals surface area contributed by atoms with Crippen LogP contribution in [0.1, 0.15) is 0 Å². The normalized spacial score (nSPS) is 10.4. The Hall–Kier alpha value is -2.76. The molecule has 2 N–H and O–H groups in total. The molecule has 2 heterocycles. The molecule has 6 heteroatoms. The van der Waals surface area contributed by atoms with E-state index in [1.807, 2.05) is 30.3 Å². The fourth-order valence-electron chi connectivity index (χ4n) is 1.57. The number of aromatic nitrogens is 5. The Labute approximate surface area is 102 Å². The van der Waals surface area contributed by atoms with Gasteiger partial charge in [0.05, 0.1) is 0 Å². The fraction of sp³-hybridized carbons (Fsp3) is 0. The van der Waals surface area contributed by atoms with Gasteiger partial charge in [-0.3, -0.25) is 9.89 Å². The van der Waals surface area contributed by atoms with Crippen LogP contribution >= 0.6 is 0 Å².